The highest BCUT2D eigenvalue weighted by molar-refractivity contribution is 4.81. The molecule has 0 saturated carbocycles. The Labute approximate surface area is 119 Å². The fourth-order valence-electron chi connectivity index (χ4n) is 3.88. The molecule has 2 saturated heterocycles. The van der Waals surface area contributed by atoms with Gasteiger partial charge in [-0.2, -0.15) is 0 Å². The van der Waals surface area contributed by atoms with E-state index in [2.05, 4.69) is 35.7 Å². The predicted molar refractivity (Wildman–Crippen MR) is 82.6 cm³/mol. The first-order valence-corrected chi connectivity index (χ1v) is 8.30. The van der Waals surface area contributed by atoms with E-state index in [0.29, 0.717) is 0 Å². The van der Waals surface area contributed by atoms with Crippen LogP contribution in [0.4, 0.5) is 0 Å². The van der Waals surface area contributed by atoms with E-state index in [0.717, 1.165) is 12.0 Å². The minimum Gasteiger partial charge on any atom is -0.306 e. The SMILES string of the molecule is CCCN1CCC(N(C)C[C@H]2CCCN(C)C2)CC1. The van der Waals surface area contributed by atoms with Crippen molar-refractivity contribution in [3.05, 3.63) is 0 Å². The second-order valence-corrected chi connectivity index (χ2v) is 6.78. The summed E-state index contributed by atoms with van der Waals surface area (Å²) in [7, 11) is 4.63. The van der Waals surface area contributed by atoms with Gasteiger partial charge in [-0.1, -0.05) is 6.92 Å². The van der Waals surface area contributed by atoms with Crippen LogP contribution >= 0.6 is 0 Å². The van der Waals surface area contributed by atoms with Crippen LogP contribution in [0.15, 0.2) is 0 Å². The lowest BCUT2D eigenvalue weighted by Crippen LogP contribution is -2.46. The maximum atomic E-state index is 2.66. The zero-order valence-electron chi connectivity index (χ0n) is 13.3. The quantitative estimate of drug-likeness (QED) is 0.755. The third kappa shape index (κ3) is 4.73. The number of piperidine rings is 2. The van der Waals surface area contributed by atoms with E-state index in [1.165, 1.54) is 71.4 Å². The molecule has 0 aliphatic carbocycles. The molecule has 0 aromatic rings. The Kier molecular flexibility index (Phi) is 6.11. The van der Waals surface area contributed by atoms with Crippen molar-refractivity contribution in [1.82, 2.24) is 14.7 Å². The lowest BCUT2D eigenvalue weighted by atomic mass is 9.96. The van der Waals surface area contributed by atoms with Crippen LogP contribution in [0.25, 0.3) is 0 Å². The molecule has 1 atom stereocenters. The van der Waals surface area contributed by atoms with Crippen molar-refractivity contribution in [3.63, 3.8) is 0 Å². The van der Waals surface area contributed by atoms with E-state index >= 15 is 0 Å². The Morgan fingerprint density at radius 1 is 1.11 bits per heavy atom. The zero-order valence-corrected chi connectivity index (χ0v) is 13.3. The van der Waals surface area contributed by atoms with Crippen molar-refractivity contribution >= 4 is 0 Å². The van der Waals surface area contributed by atoms with Gasteiger partial charge >= 0.3 is 0 Å². The first-order valence-electron chi connectivity index (χ1n) is 8.30. The van der Waals surface area contributed by atoms with Gasteiger partial charge < -0.3 is 14.7 Å². The van der Waals surface area contributed by atoms with Gasteiger partial charge in [-0.25, -0.2) is 0 Å². The van der Waals surface area contributed by atoms with Gasteiger partial charge in [0.1, 0.15) is 0 Å². The van der Waals surface area contributed by atoms with Crippen LogP contribution < -0.4 is 0 Å². The van der Waals surface area contributed by atoms with Crippen molar-refractivity contribution in [1.29, 1.82) is 0 Å². The molecule has 0 N–H and O–H groups in total. The lowest BCUT2D eigenvalue weighted by molar-refractivity contribution is 0.0963. The molecule has 0 aromatic heterocycles. The molecule has 0 spiro atoms. The molecule has 2 fully saturated rings. The van der Waals surface area contributed by atoms with Gasteiger partial charge in [0.05, 0.1) is 0 Å². The van der Waals surface area contributed by atoms with E-state index in [9.17, 15) is 0 Å². The predicted octanol–water partition coefficient (Wildman–Crippen LogP) is 2.13. The fraction of sp³-hybridized carbons (Fsp3) is 1.00. The molecular weight excluding hydrogens is 234 g/mol. The summed E-state index contributed by atoms with van der Waals surface area (Å²) in [6.45, 7) is 10.1. The third-order valence-electron chi connectivity index (χ3n) is 4.99. The maximum absolute atomic E-state index is 2.66. The average Bonchev–Trinajstić information content (AvgIpc) is 2.40. The molecule has 19 heavy (non-hydrogen) atoms. The largest absolute Gasteiger partial charge is 0.306 e. The summed E-state index contributed by atoms with van der Waals surface area (Å²) in [5.41, 5.74) is 0. The highest BCUT2D eigenvalue weighted by atomic mass is 15.2. The summed E-state index contributed by atoms with van der Waals surface area (Å²) < 4.78 is 0. The Hall–Kier alpha value is -0.120. The van der Waals surface area contributed by atoms with Crippen LogP contribution in [0.2, 0.25) is 0 Å². The summed E-state index contributed by atoms with van der Waals surface area (Å²) in [6.07, 6.45) is 6.88. The molecule has 0 bridgehead atoms. The number of rotatable bonds is 5. The average molecular weight is 267 g/mol. The Balaban J connectivity index is 1.70. The monoisotopic (exact) mass is 267 g/mol. The molecule has 0 aromatic carbocycles. The van der Waals surface area contributed by atoms with Crippen LogP contribution in [0, 0.1) is 5.92 Å². The molecule has 2 aliphatic rings. The van der Waals surface area contributed by atoms with Gasteiger partial charge in [-0.05, 0) is 78.3 Å². The second-order valence-electron chi connectivity index (χ2n) is 6.78. The van der Waals surface area contributed by atoms with Gasteiger partial charge in [-0.15, -0.1) is 0 Å². The lowest BCUT2D eigenvalue weighted by Gasteiger charge is -2.39. The van der Waals surface area contributed by atoms with Crippen LogP contribution in [0.5, 0.6) is 0 Å². The Bertz CT molecular complexity index is 248. The number of likely N-dealkylation sites (tertiary alicyclic amines) is 2. The molecule has 0 radical (unpaired) electrons. The van der Waals surface area contributed by atoms with Crippen LogP contribution in [-0.2, 0) is 0 Å². The summed E-state index contributed by atoms with van der Waals surface area (Å²) >= 11 is 0. The number of hydrogen-bond donors (Lipinski definition) is 0. The van der Waals surface area contributed by atoms with E-state index in [1.807, 2.05) is 0 Å². The van der Waals surface area contributed by atoms with Crippen LogP contribution in [0.1, 0.15) is 39.0 Å². The highest BCUT2D eigenvalue weighted by Crippen LogP contribution is 2.20. The fourth-order valence-corrected chi connectivity index (χ4v) is 3.88. The van der Waals surface area contributed by atoms with Crippen molar-refractivity contribution in [3.8, 4) is 0 Å². The standard InChI is InChI=1S/C16H33N3/c1-4-9-19-11-7-16(8-12-19)18(3)14-15-6-5-10-17(2)13-15/h15-16H,4-14H2,1-3H3/t15-/m0/s1. The van der Waals surface area contributed by atoms with Crippen molar-refractivity contribution in [2.24, 2.45) is 5.92 Å². The smallest absolute Gasteiger partial charge is 0.0117 e. The van der Waals surface area contributed by atoms with Gasteiger partial charge in [0, 0.05) is 19.1 Å². The molecule has 2 rings (SSSR count). The second kappa shape index (κ2) is 7.61. The van der Waals surface area contributed by atoms with Gasteiger partial charge in [0.2, 0.25) is 0 Å². The minimum atomic E-state index is 0.834. The summed E-state index contributed by atoms with van der Waals surface area (Å²) in [4.78, 5) is 7.80. The summed E-state index contributed by atoms with van der Waals surface area (Å²) in [5.74, 6) is 0.900. The molecule has 0 unspecified atom stereocenters. The maximum Gasteiger partial charge on any atom is 0.0117 e. The first kappa shape index (κ1) is 15.3. The molecule has 112 valence electrons. The van der Waals surface area contributed by atoms with Gasteiger partial charge in [-0.3, -0.25) is 0 Å². The van der Waals surface area contributed by atoms with E-state index in [4.69, 9.17) is 0 Å². The zero-order chi connectivity index (χ0) is 13.7. The van der Waals surface area contributed by atoms with E-state index < -0.39 is 0 Å². The molecule has 2 aliphatic heterocycles. The molecular formula is C16H33N3. The summed E-state index contributed by atoms with van der Waals surface area (Å²) in [6, 6.07) is 0.834. The highest BCUT2D eigenvalue weighted by Gasteiger charge is 2.25. The molecule has 3 nitrogen and oxygen atoms in total. The topological polar surface area (TPSA) is 9.72 Å². The van der Waals surface area contributed by atoms with Crippen molar-refractivity contribution < 1.29 is 0 Å². The van der Waals surface area contributed by atoms with Crippen LogP contribution in [-0.4, -0.2) is 74.1 Å². The van der Waals surface area contributed by atoms with Crippen LogP contribution in [0.3, 0.4) is 0 Å². The van der Waals surface area contributed by atoms with E-state index in [-0.39, 0.29) is 0 Å². The summed E-state index contributed by atoms with van der Waals surface area (Å²) in [5, 5.41) is 0. The minimum absolute atomic E-state index is 0.834. The van der Waals surface area contributed by atoms with Gasteiger partial charge in [0.25, 0.3) is 0 Å². The Morgan fingerprint density at radius 2 is 1.84 bits per heavy atom. The van der Waals surface area contributed by atoms with E-state index in [1.54, 1.807) is 0 Å². The first-order chi connectivity index (χ1) is 9.19. The van der Waals surface area contributed by atoms with Gasteiger partial charge in [0.15, 0.2) is 0 Å². The molecule has 3 heteroatoms. The Morgan fingerprint density at radius 3 is 2.47 bits per heavy atom. The number of nitrogens with zero attached hydrogens (tertiary/aromatic N) is 3. The molecule has 0 amide bonds. The van der Waals surface area contributed by atoms with Crippen molar-refractivity contribution in [2.45, 2.75) is 45.1 Å². The van der Waals surface area contributed by atoms with Crippen molar-refractivity contribution in [2.75, 3.05) is 53.4 Å². The normalized spacial score (nSPS) is 28.1. The molecule has 2 heterocycles. The number of hydrogen-bond acceptors (Lipinski definition) is 3. The third-order valence-corrected chi connectivity index (χ3v) is 4.99.